The van der Waals surface area contributed by atoms with Gasteiger partial charge in [0.1, 0.15) is 0 Å². The Balaban J connectivity index is 0.00000112. The lowest BCUT2D eigenvalue weighted by molar-refractivity contribution is -0.129. The van der Waals surface area contributed by atoms with Crippen LogP contribution in [-0.4, -0.2) is 23.4 Å². The molecule has 0 saturated carbocycles. The van der Waals surface area contributed by atoms with Crippen LogP contribution < -0.4 is 5.73 Å². The molecule has 0 spiro atoms. The van der Waals surface area contributed by atoms with Crippen LogP contribution in [0.15, 0.2) is 30.3 Å². The fourth-order valence-corrected chi connectivity index (χ4v) is 1.72. The third kappa shape index (κ3) is 2.70. The molecule has 3 nitrogen and oxygen atoms in total. The summed E-state index contributed by atoms with van der Waals surface area (Å²) in [5, 5.41) is 0. The summed E-state index contributed by atoms with van der Waals surface area (Å²) in [6.45, 7) is 1.47. The lowest BCUT2D eigenvalue weighted by Gasteiger charge is -2.15. The summed E-state index contributed by atoms with van der Waals surface area (Å²) < 4.78 is 0. The van der Waals surface area contributed by atoms with Crippen molar-refractivity contribution in [3.8, 4) is 0 Å². The predicted molar refractivity (Wildman–Crippen MR) is 61.7 cm³/mol. The van der Waals surface area contributed by atoms with Gasteiger partial charge in [-0.3, -0.25) is 4.79 Å². The Morgan fingerprint density at radius 3 is 2.53 bits per heavy atom. The van der Waals surface area contributed by atoms with E-state index in [1.807, 2.05) is 35.2 Å². The molecule has 15 heavy (non-hydrogen) atoms. The fourth-order valence-electron chi connectivity index (χ4n) is 1.72. The molecule has 0 radical (unpaired) electrons. The summed E-state index contributed by atoms with van der Waals surface area (Å²) in [6, 6.07) is 9.71. The van der Waals surface area contributed by atoms with Gasteiger partial charge < -0.3 is 10.6 Å². The number of hydrogen-bond acceptors (Lipinski definition) is 2. The Morgan fingerprint density at radius 2 is 2.00 bits per heavy atom. The first-order chi connectivity index (χ1) is 6.77. The van der Waals surface area contributed by atoms with Crippen LogP contribution in [0.2, 0.25) is 0 Å². The summed E-state index contributed by atoms with van der Waals surface area (Å²) in [5.41, 5.74) is 6.79. The van der Waals surface area contributed by atoms with Gasteiger partial charge in [0.05, 0.1) is 6.04 Å². The minimum atomic E-state index is -0.279. The molecule has 1 heterocycles. The van der Waals surface area contributed by atoms with Crippen LogP contribution in [0.4, 0.5) is 0 Å². The standard InChI is InChI=1S/C11H14N2O.ClH/c12-10-6-7-13(11(10)14)8-9-4-2-1-3-5-9;/h1-5,10H,6-8,12H2;1H. The summed E-state index contributed by atoms with van der Waals surface area (Å²) in [6.07, 6.45) is 0.783. The highest BCUT2D eigenvalue weighted by Gasteiger charge is 2.27. The van der Waals surface area contributed by atoms with Crippen LogP contribution in [-0.2, 0) is 11.3 Å². The molecule has 82 valence electrons. The molecule has 1 aliphatic rings. The highest BCUT2D eigenvalue weighted by atomic mass is 35.5. The molecule has 1 amide bonds. The van der Waals surface area contributed by atoms with Crippen LogP contribution in [0.25, 0.3) is 0 Å². The summed E-state index contributed by atoms with van der Waals surface area (Å²) >= 11 is 0. The third-order valence-corrected chi connectivity index (χ3v) is 2.56. The molecule has 1 aromatic carbocycles. The van der Waals surface area contributed by atoms with Crippen molar-refractivity contribution in [2.75, 3.05) is 6.54 Å². The summed E-state index contributed by atoms with van der Waals surface area (Å²) in [4.78, 5) is 13.3. The highest BCUT2D eigenvalue weighted by Crippen LogP contribution is 2.13. The Hall–Kier alpha value is -1.06. The largest absolute Gasteiger partial charge is 0.337 e. The van der Waals surface area contributed by atoms with Gasteiger partial charge in [-0.1, -0.05) is 30.3 Å². The van der Waals surface area contributed by atoms with E-state index in [1.165, 1.54) is 0 Å². The van der Waals surface area contributed by atoms with Gasteiger partial charge in [0, 0.05) is 13.1 Å². The van der Waals surface area contributed by atoms with Crippen molar-refractivity contribution in [2.45, 2.75) is 19.0 Å². The van der Waals surface area contributed by atoms with Crippen LogP contribution in [0, 0.1) is 0 Å². The Kier molecular flexibility index (Phi) is 4.12. The number of amides is 1. The predicted octanol–water partition coefficient (Wildman–Crippen LogP) is 1.17. The molecule has 1 saturated heterocycles. The first-order valence-electron chi connectivity index (χ1n) is 4.85. The zero-order valence-corrected chi connectivity index (χ0v) is 9.24. The van der Waals surface area contributed by atoms with Crippen molar-refractivity contribution in [1.82, 2.24) is 4.90 Å². The Labute approximate surface area is 95.7 Å². The molecule has 1 aromatic rings. The second kappa shape index (κ2) is 5.14. The molecule has 2 N–H and O–H groups in total. The van der Waals surface area contributed by atoms with E-state index in [0.29, 0.717) is 6.54 Å². The van der Waals surface area contributed by atoms with Crippen LogP contribution in [0.3, 0.4) is 0 Å². The zero-order valence-electron chi connectivity index (χ0n) is 8.43. The van der Waals surface area contributed by atoms with Crippen molar-refractivity contribution < 1.29 is 4.79 Å². The SMILES string of the molecule is Cl.NC1CCN(Cc2ccccc2)C1=O. The number of carbonyl (C=O) groups excluding carboxylic acids is 1. The van der Waals surface area contributed by atoms with Gasteiger partial charge in [0.25, 0.3) is 0 Å². The van der Waals surface area contributed by atoms with E-state index in [9.17, 15) is 4.79 Å². The van der Waals surface area contributed by atoms with Crippen LogP contribution in [0.1, 0.15) is 12.0 Å². The second-order valence-electron chi connectivity index (χ2n) is 3.64. The number of hydrogen-bond donors (Lipinski definition) is 1. The van der Waals surface area contributed by atoms with E-state index in [0.717, 1.165) is 18.5 Å². The monoisotopic (exact) mass is 226 g/mol. The number of carbonyl (C=O) groups is 1. The molecule has 0 aromatic heterocycles. The number of nitrogens with zero attached hydrogens (tertiary/aromatic N) is 1. The van der Waals surface area contributed by atoms with Crippen molar-refractivity contribution in [2.24, 2.45) is 5.73 Å². The minimum absolute atomic E-state index is 0. The number of rotatable bonds is 2. The quantitative estimate of drug-likeness (QED) is 0.823. The zero-order chi connectivity index (χ0) is 9.97. The normalized spacial score (nSPS) is 20.2. The molecule has 1 aliphatic heterocycles. The molecule has 0 bridgehead atoms. The Bertz CT molecular complexity index is 329. The topological polar surface area (TPSA) is 46.3 Å². The highest BCUT2D eigenvalue weighted by molar-refractivity contribution is 5.85. The van der Waals surface area contributed by atoms with E-state index < -0.39 is 0 Å². The van der Waals surface area contributed by atoms with E-state index in [1.54, 1.807) is 0 Å². The molecular weight excluding hydrogens is 212 g/mol. The van der Waals surface area contributed by atoms with Crippen LogP contribution in [0.5, 0.6) is 0 Å². The van der Waals surface area contributed by atoms with Gasteiger partial charge >= 0.3 is 0 Å². The lowest BCUT2D eigenvalue weighted by Crippen LogP contribution is -2.33. The van der Waals surface area contributed by atoms with Gasteiger partial charge in [-0.25, -0.2) is 0 Å². The molecule has 4 heteroatoms. The molecular formula is C11H15ClN2O. The molecule has 1 unspecified atom stereocenters. The number of likely N-dealkylation sites (tertiary alicyclic amines) is 1. The minimum Gasteiger partial charge on any atom is -0.337 e. The van der Waals surface area contributed by atoms with Crippen LogP contribution >= 0.6 is 12.4 Å². The Morgan fingerprint density at radius 1 is 1.33 bits per heavy atom. The molecule has 1 fully saturated rings. The van der Waals surface area contributed by atoms with Gasteiger partial charge in [-0.05, 0) is 12.0 Å². The summed E-state index contributed by atoms with van der Waals surface area (Å²) in [7, 11) is 0. The lowest BCUT2D eigenvalue weighted by atomic mass is 10.2. The first kappa shape index (κ1) is 12.0. The smallest absolute Gasteiger partial charge is 0.239 e. The summed E-state index contributed by atoms with van der Waals surface area (Å²) in [5.74, 6) is 0.0776. The van der Waals surface area contributed by atoms with E-state index >= 15 is 0 Å². The van der Waals surface area contributed by atoms with E-state index in [2.05, 4.69) is 0 Å². The first-order valence-corrected chi connectivity index (χ1v) is 4.85. The second-order valence-corrected chi connectivity index (χ2v) is 3.64. The number of nitrogens with two attached hydrogens (primary N) is 1. The number of benzene rings is 1. The fraction of sp³-hybridized carbons (Fsp3) is 0.364. The van der Waals surface area contributed by atoms with Gasteiger partial charge in [-0.15, -0.1) is 12.4 Å². The molecule has 2 rings (SSSR count). The van der Waals surface area contributed by atoms with Gasteiger partial charge in [-0.2, -0.15) is 0 Å². The van der Waals surface area contributed by atoms with Crippen molar-refractivity contribution >= 4 is 18.3 Å². The molecule has 1 atom stereocenters. The van der Waals surface area contributed by atoms with Crippen molar-refractivity contribution in [3.63, 3.8) is 0 Å². The average Bonchev–Trinajstić information content (AvgIpc) is 2.52. The van der Waals surface area contributed by atoms with E-state index in [4.69, 9.17) is 5.73 Å². The van der Waals surface area contributed by atoms with Crippen molar-refractivity contribution in [1.29, 1.82) is 0 Å². The molecule has 0 aliphatic carbocycles. The van der Waals surface area contributed by atoms with Crippen molar-refractivity contribution in [3.05, 3.63) is 35.9 Å². The van der Waals surface area contributed by atoms with E-state index in [-0.39, 0.29) is 24.4 Å². The maximum atomic E-state index is 11.5. The maximum Gasteiger partial charge on any atom is 0.239 e. The third-order valence-electron chi connectivity index (χ3n) is 2.56. The maximum absolute atomic E-state index is 11.5. The van der Waals surface area contributed by atoms with Gasteiger partial charge in [0.2, 0.25) is 5.91 Å². The average molecular weight is 227 g/mol. The van der Waals surface area contributed by atoms with Gasteiger partial charge in [0.15, 0.2) is 0 Å². The number of halogens is 1.